The second-order valence-corrected chi connectivity index (χ2v) is 21.4. The molecule has 2 N–H and O–H groups in total. The average Bonchev–Trinajstić information content (AvgIpc) is 3.21. The van der Waals surface area contributed by atoms with Crippen molar-refractivity contribution in [2.75, 3.05) is 40.9 Å². The van der Waals surface area contributed by atoms with E-state index < -0.39 is 20.0 Å². The van der Waals surface area contributed by atoms with Crippen LogP contribution in [0.2, 0.25) is 0 Å². The predicted octanol–water partition coefficient (Wildman–Crippen LogP) is 15.1. The summed E-state index contributed by atoms with van der Waals surface area (Å²) in [5.41, 5.74) is 0. The first-order chi connectivity index (χ1) is 29.5. The van der Waals surface area contributed by atoms with Crippen LogP contribution >= 0.6 is 7.82 Å². The molecule has 1 amide bonds. The molecule has 366 valence electrons. The number of phosphoric ester groups is 1. The van der Waals surface area contributed by atoms with E-state index in [-0.39, 0.29) is 19.1 Å². The fourth-order valence-corrected chi connectivity index (χ4v) is 9.06. The summed E-state index contributed by atoms with van der Waals surface area (Å²) in [6, 6.07) is -0.794. The molecule has 0 saturated carbocycles. The summed E-state index contributed by atoms with van der Waals surface area (Å²) in [6.07, 6.45) is 51.1. The van der Waals surface area contributed by atoms with Gasteiger partial charge in [0.25, 0.3) is 7.82 Å². The Hall–Kier alpha value is -0.500. The molecular formula is C52H107N2O6P. The highest BCUT2D eigenvalue weighted by Gasteiger charge is 2.24. The van der Waals surface area contributed by atoms with Gasteiger partial charge in [0.2, 0.25) is 5.91 Å². The minimum absolute atomic E-state index is 0.0165. The summed E-state index contributed by atoms with van der Waals surface area (Å²) in [6.45, 7) is 4.77. The molecule has 0 saturated heterocycles. The zero-order valence-corrected chi connectivity index (χ0v) is 42.5. The number of phosphoric acid groups is 1. The van der Waals surface area contributed by atoms with E-state index in [1.807, 2.05) is 21.1 Å². The summed E-state index contributed by atoms with van der Waals surface area (Å²) in [4.78, 5) is 25.5. The standard InChI is InChI=1S/C52H107N2O6P/c1-6-8-10-12-14-16-18-20-22-24-26-27-28-30-32-34-36-38-40-42-44-46-52(56)53-50(49-60-61(57,58)59-48-47-54(3,4)5)51(55)45-43-41-39-37-35-33-31-29-25-23-21-19-17-15-13-11-9-7-2/h50-51,55H,6-49H2,1-5H3,(H-,53,56,57,58). The van der Waals surface area contributed by atoms with E-state index in [0.29, 0.717) is 23.9 Å². The van der Waals surface area contributed by atoms with Crippen LogP contribution in [-0.2, 0) is 18.4 Å². The first-order valence-electron chi connectivity index (χ1n) is 26.9. The Morgan fingerprint density at radius 3 is 1.11 bits per heavy atom. The molecule has 0 aliphatic rings. The third-order valence-electron chi connectivity index (χ3n) is 12.6. The lowest BCUT2D eigenvalue weighted by molar-refractivity contribution is -0.870. The van der Waals surface area contributed by atoms with Crippen LogP contribution in [0, 0.1) is 0 Å². The van der Waals surface area contributed by atoms with Crippen LogP contribution in [0.4, 0.5) is 0 Å². The Balaban J connectivity index is 4.18. The highest BCUT2D eigenvalue weighted by molar-refractivity contribution is 7.45. The summed E-state index contributed by atoms with van der Waals surface area (Å²) >= 11 is 0. The molecule has 61 heavy (non-hydrogen) atoms. The number of carbonyl (C=O) groups excluding carboxylic acids is 1. The van der Waals surface area contributed by atoms with Gasteiger partial charge in [0.15, 0.2) is 0 Å². The monoisotopic (exact) mass is 887 g/mol. The summed E-state index contributed by atoms with van der Waals surface area (Å²) in [5, 5.41) is 14.0. The van der Waals surface area contributed by atoms with Crippen LogP contribution in [0.1, 0.15) is 277 Å². The largest absolute Gasteiger partial charge is 0.756 e. The first-order valence-corrected chi connectivity index (χ1v) is 28.3. The first kappa shape index (κ1) is 60.5. The van der Waals surface area contributed by atoms with Crippen molar-refractivity contribution in [1.29, 1.82) is 0 Å². The van der Waals surface area contributed by atoms with Gasteiger partial charge in [0.1, 0.15) is 13.2 Å². The highest BCUT2D eigenvalue weighted by Crippen LogP contribution is 2.38. The Kier molecular flexibility index (Phi) is 44.3. The van der Waals surface area contributed by atoms with Crippen molar-refractivity contribution in [2.45, 2.75) is 289 Å². The molecule has 0 aromatic rings. The van der Waals surface area contributed by atoms with Gasteiger partial charge in [-0.1, -0.05) is 258 Å². The molecule has 0 aromatic carbocycles. The van der Waals surface area contributed by atoms with Crippen LogP contribution in [0.5, 0.6) is 0 Å². The molecule has 3 unspecified atom stereocenters. The van der Waals surface area contributed by atoms with Gasteiger partial charge < -0.3 is 28.8 Å². The van der Waals surface area contributed by atoms with Gasteiger partial charge in [0, 0.05) is 6.42 Å². The molecule has 0 fully saturated rings. The van der Waals surface area contributed by atoms with Gasteiger partial charge in [-0.2, -0.15) is 0 Å². The van der Waals surface area contributed by atoms with Crippen LogP contribution in [-0.4, -0.2) is 68.5 Å². The minimum Gasteiger partial charge on any atom is -0.756 e. The molecule has 0 aliphatic carbocycles. The summed E-state index contributed by atoms with van der Waals surface area (Å²) in [5.74, 6) is -0.157. The molecule has 8 nitrogen and oxygen atoms in total. The maximum absolute atomic E-state index is 12.9. The van der Waals surface area contributed by atoms with Crippen molar-refractivity contribution in [3.8, 4) is 0 Å². The third-order valence-corrected chi connectivity index (χ3v) is 13.6. The maximum atomic E-state index is 12.9. The average molecular weight is 887 g/mol. The topological polar surface area (TPSA) is 108 Å². The van der Waals surface area contributed by atoms with Gasteiger partial charge in [-0.3, -0.25) is 9.36 Å². The van der Waals surface area contributed by atoms with Gasteiger partial charge in [-0.05, 0) is 12.8 Å². The number of likely N-dealkylation sites (N-methyl/N-ethyl adjacent to an activating group) is 1. The fraction of sp³-hybridized carbons (Fsp3) is 0.981. The molecule has 0 bridgehead atoms. The molecule has 0 radical (unpaired) electrons. The van der Waals surface area contributed by atoms with Crippen molar-refractivity contribution in [3.63, 3.8) is 0 Å². The van der Waals surface area contributed by atoms with E-state index in [9.17, 15) is 19.4 Å². The van der Waals surface area contributed by atoms with Crippen molar-refractivity contribution in [3.05, 3.63) is 0 Å². The van der Waals surface area contributed by atoms with E-state index in [0.717, 1.165) is 38.5 Å². The van der Waals surface area contributed by atoms with Gasteiger partial charge in [0.05, 0.1) is 39.9 Å². The number of hydrogen-bond acceptors (Lipinski definition) is 6. The molecular weight excluding hydrogens is 780 g/mol. The number of amides is 1. The highest BCUT2D eigenvalue weighted by atomic mass is 31.2. The van der Waals surface area contributed by atoms with E-state index in [1.54, 1.807) is 0 Å². The van der Waals surface area contributed by atoms with Crippen molar-refractivity contribution < 1.29 is 32.9 Å². The molecule has 0 aromatic heterocycles. The molecule has 3 atom stereocenters. The number of hydrogen-bond donors (Lipinski definition) is 2. The quantitative estimate of drug-likeness (QED) is 0.0358. The smallest absolute Gasteiger partial charge is 0.268 e. The Morgan fingerprint density at radius 2 is 0.803 bits per heavy atom. The van der Waals surface area contributed by atoms with Gasteiger partial charge in [-0.15, -0.1) is 0 Å². The minimum atomic E-state index is -4.56. The zero-order chi connectivity index (χ0) is 45.0. The number of rotatable bonds is 50. The van der Waals surface area contributed by atoms with Crippen molar-refractivity contribution in [1.82, 2.24) is 5.32 Å². The lowest BCUT2D eigenvalue weighted by Gasteiger charge is -2.30. The number of nitrogens with zero attached hydrogens (tertiary/aromatic N) is 1. The summed E-state index contributed by atoms with van der Waals surface area (Å²) < 4.78 is 23.4. The molecule has 0 spiro atoms. The van der Waals surface area contributed by atoms with E-state index in [2.05, 4.69) is 19.2 Å². The van der Waals surface area contributed by atoms with Crippen LogP contribution in [0.15, 0.2) is 0 Å². The number of aliphatic hydroxyl groups is 1. The molecule has 0 heterocycles. The molecule has 0 rings (SSSR count). The number of unbranched alkanes of at least 4 members (excludes halogenated alkanes) is 37. The van der Waals surface area contributed by atoms with Gasteiger partial charge in [-0.25, -0.2) is 0 Å². The Labute approximate surface area is 380 Å². The SMILES string of the molecule is CCCCCCCCCCCCCCCCCCCCCCCC(=O)NC(COP(=O)([O-])OCC[N+](C)(C)C)C(O)CCCCCCCCCCCCCCCCCCCC. The number of carbonyl (C=O) groups is 1. The zero-order valence-electron chi connectivity index (χ0n) is 41.7. The second kappa shape index (κ2) is 44.7. The van der Waals surface area contributed by atoms with E-state index in [4.69, 9.17) is 9.05 Å². The molecule has 9 heteroatoms. The normalized spacial score (nSPS) is 14.0. The fourth-order valence-electron chi connectivity index (χ4n) is 8.34. The van der Waals surface area contributed by atoms with Crippen molar-refractivity contribution in [2.24, 2.45) is 0 Å². The van der Waals surface area contributed by atoms with Gasteiger partial charge >= 0.3 is 0 Å². The number of nitrogens with one attached hydrogen (secondary N) is 1. The van der Waals surface area contributed by atoms with Crippen LogP contribution < -0.4 is 10.2 Å². The van der Waals surface area contributed by atoms with E-state index in [1.165, 1.54) is 212 Å². The Morgan fingerprint density at radius 1 is 0.508 bits per heavy atom. The van der Waals surface area contributed by atoms with E-state index >= 15 is 0 Å². The number of aliphatic hydroxyl groups excluding tert-OH is 1. The van der Waals surface area contributed by atoms with Crippen molar-refractivity contribution >= 4 is 13.7 Å². The lowest BCUT2D eigenvalue weighted by atomic mass is 10.0. The molecule has 0 aliphatic heterocycles. The summed E-state index contributed by atoms with van der Waals surface area (Å²) in [7, 11) is 1.32. The number of quaternary nitrogens is 1. The third kappa shape index (κ3) is 47.3. The second-order valence-electron chi connectivity index (χ2n) is 20.0. The maximum Gasteiger partial charge on any atom is 0.268 e. The predicted molar refractivity (Wildman–Crippen MR) is 261 cm³/mol. The van der Waals surface area contributed by atoms with Crippen LogP contribution in [0.25, 0.3) is 0 Å². The Bertz CT molecular complexity index is 963. The van der Waals surface area contributed by atoms with Crippen LogP contribution in [0.3, 0.4) is 0 Å². The lowest BCUT2D eigenvalue weighted by Crippen LogP contribution is -2.46.